The quantitative estimate of drug-likeness (QED) is 0.675. The van der Waals surface area contributed by atoms with Gasteiger partial charge in [0, 0.05) is 5.69 Å². The van der Waals surface area contributed by atoms with Gasteiger partial charge in [0.2, 0.25) is 0 Å². The van der Waals surface area contributed by atoms with Crippen LogP contribution in [0.15, 0.2) is 60.7 Å². The van der Waals surface area contributed by atoms with Crippen molar-refractivity contribution in [3.05, 3.63) is 83.2 Å². The first-order valence-electron chi connectivity index (χ1n) is 9.77. The van der Waals surface area contributed by atoms with E-state index < -0.39 is 5.54 Å². The number of benzene rings is 2. The average Bonchev–Trinajstić information content (AvgIpc) is 3.20. The molecule has 0 bridgehead atoms. The van der Waals surface area contributed by atoms with E-state index in [2.05, 4.69) is 10.4 Å². The van der Waals surface area contributed by atoms with Gasteiger partial charge in [-0.2, -0.15) is 5.10 Å². The maximum absolute atomic E-state index is 13.2. The van der Waals surface area contributed by atoms with Crippen LogP contribution in [0, 0.1) is 13.8 Å². The van der Waals surface area contributed by atoms with Gasteiger partial charge in [0.05, 0.1) is 17.9 Å². The molecular weight excluding hydrogens is 364 g/mol. The fourth-order valence-electron chi connectivity index (χ4n) is 3.95. The first kappa shape index (κ1) is 18.9. The summed E-state index contributed by atoms with van der Waals surface area (Å²) in [7, 11) is 0. The fourth-order valence-corrected chi connectivity index (χ4v) is 3.95. The summed E-state index contributed by atoms with van der Waals surface area (Å²) in [6.07, 6.45) is 0.495. The first-order valence-corrected chi connectivity index (χ1v) is 9.77. The zero-order valence-corrected chi connectivity index (χ0v) is 16.8. The lowest BCUT2D eigenvalue weighted by atomic mass is 9.87. The number of carbonyl (C=O) groups is 2. The number of amides is 3. The van der Waals surface area contributed by atoms with Gasteiger partial charge in [0.15, 0.2) is 0 Å². The van der Waals surface area contributed by atoms with Crippen LogP contribution in [0.1, 0.15) is 35.9 Å². The molecule has 1 saturated heterocycles. The van der Waals surface area contributed by atoms with Gasteiger partial charge in [0.1, 0.15) is 5.54 Å². The summed E-state index contributed by atoms with van der Waals surface area (Å²) in [5.74, 6) is -0.209. The second-order valence-corrected chi connectivity index (χ2v) is 7.45. The molecule has 6 heteroatoms. The number of imide groups is 1. The molecule has 2 aromatic carbocycles. The van der Waals surface area contributed by atoms with Gasteiger partial charge in [-0.05, 0) is 49.6 Å². The molecule has 0 aliphatic carbocycles. The molecule has 148 valence electrons. The molecule has 1 atom stereocenters. The summed E-state index contributed by atoms with van der Waals surface area (Å²) < 4.78 is 1.88. The van der Waals surface area contributed by atoms with Gasteiger partial charge in [-0.1, -0.05) is 49.4 Å². The SMILES string of the molecule is CC[C@@]1(c2ccccc2)NC(=O)N(Cc2ccc(-n3nc(C)cc3C)cc2)C1=O. The number of aryl methyl sites for hydroxylation is 2. The molecule has 0 spiro atoms. The summed E-state index contributed by atoms with van der Waals surface area (Å²) in [6.45, 7) is 6.12. The van der Waals surface area contributed by atoms with E-state index in [9.17, 15) is 9.59 Å². The molecule has 0 unspecified atom stereocenters. The van der Waals surface area contributed by atoms with Crippen molar-refractivity contribution >= 4 is 11.9 Å². The predicted octanol–water partition coefficient (Wildman–Crippen LogP) is 3.85. The highest BCUT2D eigenvalue weighted by atomic mass is 16.2. The summed E-state index contributed by atoms with van der Waals surface area (Å²) in [5, 5.41) is 7.41. The highest BCUT2D eigenvalue weighted by Gasteiger charge is 2.50. The largest absolute Gasteiger partial charge is 0.325 e. The number of rotatable bonds is 5. The van der Waals surface area contributed by atoms with Gasteiger partial charge in [-0.3, -0.25) is 9.69 Å². The molecular formula is C23H24N4O2. The second-order valence-electron chi connectivity index (χ2n) is 7.45. The second kappa shape index (κ2) is 7.20. The molecule has 0 radical (unpaired) electrons. The van der Waals surface area contributed by atoms with E-state index in [4.69, 9.17) is 0 Å². The van der Waals surface area contributed by atoms with Crippen molar-refractivity contribution < 1.29 is 9.59 Å². The van der Waals surface area contributed by atoms with Gasteiger partial charge in [-0.25, -0.2) is 9.48 Å². The zero-order valence-electron chi connectivity index (χ0n) is 16.8. The number of nitrogens with zero attached hydrogens (tertiary/aromatic N) is 3. The molecule has 4 rings (SSSR count). The Morgan fingerprint density at radius 2 is 1.69 bits per heavy atom. The Morgan fingerprint density at radius 1 is 1.00 bits per heavy atom. The van der Waals surface area contributed by atoms with Crippen molar-refractivity contribution in [2.45, 2.75) is 39.3 Å². The molecule has 3 amide bonds. The standard InChI is InChI=1S/C23H24N4O2/c1-4-23(19-8-6-5-7-9-19)21(28)26(22(29)24-23)15-18-10-12-20(13-11-18)27-17(3)14-16(2)25-27/h5-14H,4,15H2,1-3H3,(H,24,29)/t23-/m0/s1. The van der Waals surface area contributed by atoms with Crippen molar-refractivity contribution in [3.63, 3.8) is 0 Å². The molecule has 3 aromatic rings. The van der Waals surface area contributed by atoms with Crippen molar-refractivity contribution in [1.82, 2.24) is 20.0 Å². The highest BCUT2D eigenvalue weighted by molar-refractivity contribution is 6.07. The van der Waals surface area contributed by atoms with Crippen molar-refractivity contribution in [3.8, 4) is 5.69 Å². The monoisotopic (exact) mass is 388 g/mol. The van der Waals surface area contributed by atoms with Crippen LogP contribution >= 0.6 is 0 Å². The van der Waals surface area contributed by atoms with Gasteiger partial charge in [-0.15, -0.1) is 0 Å². The topological polar surface area (TPSA) is 67.2 Å². The van der Waals surface area contributed by atoms with Crippen LogP contribution < -0.4 is 5.32 Å². The van der Waals surface area contributed by atoms with E-state index in [0.29, 0.717) is 6.42 Å². The summed E-state index contributed by atoms with van der Waals surface area (Å²) >= 11 is 0. The Hall–Kier alpha value is -3.41. The molecule has 0 saturated carbocycles. The minimum atomic E-state index is -0.998. The lowest BCUT2D eigenvalue weighted by Crippen LogP contribution is -2.43. The number of urea groups is 1. The zero-order chi connectivity index (χ0) is 20.6. The molecule has 1 aliphatic rings. The first-order chi connectivity index (χ1) is 13.9. The Labute approximate surface area is 170 Å². The molecule has 1 fully saturated rings. The summed E-state index contributed by atoms with van der Waals surface area (Å²) in [6, 6.07) is 18.9. The molecule has 29 heavy (non-hydrogen) atoms. The van der Waals surface area contributed by atoms with Crippen LogP contribution in [0.25, 0.3) is 5.69 Å². The van der Waals surface area contributed by atoms with Crippen molar-refractivity contribution in [2.75, 3.05) is 0 Å². The molecule has 2 heterocycles. The molecule has 1 aromatic heterocycles. The Morgan fingerprint density at radius 3 is 2.28 bits per heavy atom. The van der Waals surface area contributed by atoms with E-state index >= 15 is 0 Å². The Kier molecular flexibility index (Phi) is 4.70. The number of hydrogen-bond acceptors (Lipinski definition) is 3. The number of carbonyl (C=O) groups excluding carboxylic acids is 2. The molecule has 1 aliphatic heterocycles. The molecule has 6 nitrogen and oxygen atoms in total. The lowest BCUT2D eigenvalue weighted by Gasteiger charge is -2.25. The van der Waals surface area contributed by atoms with E-state index in [1.165, 1.54) is 4.90 Å². The number of aromatic nitrogens is 2. The van der Waals surface area contributed by atoms with Crippen LogP contribution in [0.5, 0.6) is 0 Å². The minimum absolute atomic E-state index is 0.209. The van der Waals surface area contributed by atoms with Crippen LogP contribution in [0.2, 0.25) is 0 Å². The average molecular weight is 388 g/mol. The van der Waals surface area contributed by atoms with E-state index in [1.54, 1.807) is 0 Å². The van der Waals surface area contributed by atoms with Crippen molar-refractivity contribution in [1.29, 1.82) is 0 Å². The fraction of sp³-hybridized carbons (Fsp3) is 0.261. The van der Waals surface area contributed by atoms with E-state index in [1.807, 2.05) is 86.1 Å². The summed E-state index contributed by atoms with van der Waals surface area (Å²) in [4.78, 5) is 27.2. The van der Waals surface area contributed by atoms with E-state index in [0.717, 1.165) is 28.2 Å². The van der Waals surface area contributed by atoms with Gasteiger partial charge < -0.3 is 5.32 Å². The van der Waals surface area contributed by atoms with E-state index in [-0.39, 0.29) is 18.5 Å². The Balaban J connectivity index is 1.57. The number of nitrogens with one attached hydrogen (secondary N) is 1. The third-order valence-corrected chi connectivity index (χ3v) is 5.50. The predicted molar refractivity (Wildman–Crippen MR) is 111 cm³/mol. The van der Waals surface area contributed by atoms with Gasteiger partial charge in [0.25, 0.3) is 5.91 Å². The maximum Gasteiger partial charge on any atom is 0.325 e. The minimum Gasteiger partial charge on any atom is -0.319 e. The smallest absolute Gasteiger partial charge is 0.319 e. The normalized spacial score (nSPS) is 18.9. The third-order valence-electron chi connectivity index (χ3n) is 5.50. The third kappa shape index (κ3) is 3.20. The summed E-state index contributed by atoms with van der Waals surface area (Å²) in [5.41, 5.74) is 3.66. The number of hydrogen-bond donors (Lipinski definition) is 1. The van der Waals surface area contributed by atoms with Crippen LogP contribution in [-0.2, 0) is 16.9 Å². The molecule has 1 N–H and O–H groups in total. The van der Waals surface area contributed by atoms with Crippen molar-refractivity contribution in [2.24, 2.45) is 0 Å². The van der Waals surface area contributed by atoms with Crippen LogP contribution in [-0.4, -0.2) is 26.6 Å². The maximum atomic E-state index is 13.2. The van der Waals surface area contributed by atoms with Crippen LogP contribution in [0.4, 0.5) is 4.79 Å². The Bertz CT molecular complexity index is 1060. The van der Waals surface area contributed by atoms with Gasteiger partial charge >= 0.3 is 6.03 Å². The lowest BCUT2D eigenvalue weighted by molar-refractivity contribution is -0.132. The highest BCUT2D eigenvalue weighted by Crippen LogP contribution is 2.33. The van der Waals surface area contributed by atoms with Crippen LogP contribution in [0.3, 0.4) is 0 Å².